The zero-order chi connectivity index (χ0) is 22.3. The lowest BCUT2D eigenvalue weighted by Gasteiger charge is -2.11. The normalized spacial score (nSPS) is 10.7. The number of nitrogens with zero attached hydrogens (tertiary/aromatic N) is 3. The van der Waals surface area contributed by atoms with Crippen LogP contribution in [0.4, 0.5) is 0 Å². The van der Waals surface area contributed by atoms with Gasteiger partial charge < -0.3 is 9.47 Å². The van der Waals surface area contributed by atoms with Crippen LogP contribution in [0.15, 0.2) is 84.0 Å². The Balaban J connectivity index is 1.55. The van der Waals surface area contributed by atoms with Crippen LogP contribution in [0.1, 0.15) is 5.56 Å². The smallest absolute Gasteiger partial charge is 0.316 e. The molecule has 162 valence electrons. The molecule has 6 nitrogen and oxygen atoms in total. The van der Waals surface area contributed by atoms with Crippen molar-refractivity contribution in [2.45, 2.75) is 11.8 Å². The number of carbonyl (C=O) groups excluding carboxylic acids is 1. The Kier molecular flexibility index (Phi) is 7.09. The summed E-state index contributed by atoms with van der Waals surface area (Å²) < 4.78 is 12.5. The first kappa shape index (κ1) is 21.9. The van der Waals surface area contributed by atoms with Gasteiger partial charge in [0, 0.05) is 16.3 Å². The lowest BCUT2D eigenvalue weighted by Crippen LogP contribution is -2.08. The number of ether oxygens (including phenoxy) is 2. The molecule has 4 aromatic rings. The molecule has 0 bridgehead atoms. The Hall–Kier alpha value is -3.29. The number of rotatable bonds is 8. The van der Waals surface area contributed by atoms with Crippen LogP contribution in [-0.2, 0) is 16.1 Å². The predicted octanol–water partition coefficient (Wildman–Crippen LogP) is 5.43. The molecular formula is C24H20ClN3O3S. The lowest BCUT2D eigenvalue weighted by atomic mass is 10.2. The van der Waals surface area contributed by atoms with Crippen molar-refractivity contribution in [3.05, 3.63) is 89.4 Å². The van der Waals surface area contributed by atoms with E-state index in [4.69, 9.17) is 21.1 Å². The van der Waals surface area contributed by atoms with Gasteiger partial charge in [0.25, 0.3) is 0 Å². The molecule has 0 N–H and O–H groups in total. The fourth-order valence-electron chi connectivity index (χ4n) is 3.02. The molecule has 0 aliphatic heterocycles. The number of thioether (sulfide) groups is 1. The summed E-state index contributed by atoms with van der Waals surface area (Å²) in [4.78, 5) is 12.3. The molecule has 0 saturated heterocycles. The molecule has 0 spiro atoms. The predicted molar refractivity (Wildman–Crippen MR) is 125 cm³/mol. The number of hydrogen-bond donors (Lipinski definition) is 0. The van der Waals surface area contributed by atoms with E-state index < -0.39 is 0 Å². The second-order valence-electron chi connectivity index (χ2n) is 6.78. The fourth-order valence-corrected chi connectivity index (χ4v) is 3.89. The largest absolute Gasteiger partial charge is 0.497 e. The van der Waals surface area contributed by atoms with E-state index in [-0.39, 0.29) is 18.3 Å². The van der Waals surface area contributed by atoms with Crippen molar-refractivity contribution < 1.29 is 14.3 Å². The molecule has 0 radical (unpaired) electrons. The minimum atomic E-state index is -0.324. The Bertz CT molecular complexity index is 1180. The van der Waals surface area contributed by atoms with Crippen LogP contribution in [0.2, 0.25) is 5.02 Å². The van der Waals surface area contributed by atoms with Crippen LogP contribution in [-0.4, -0.2) is 33.6 Å². The average molecular weight is 466 g/mol. The standard InChI is InChI=1S/C24H20ClN3O3S/c1-30-21-13-7-18(8-14-21)23-26-27-24(28(23)20-11-9-19(25)10-12-20)32-16-22(29)31-15-17-5-3-2-4-6-17/h2-14H,15-16H2,1H3. The summed E-state index contributed by atoms with van der Waals surface area (Å²) in [5, 5.41) is 9.92. The topological polar surface area (TPSA) is 66.2 Å². The van der Waals surface area contributed by atoms with Crippen molar-refractivity contribution in [2.24, 2.45) is 0 Å². The first-order valence-corrected chi connectivity index (χ1v) is 11.2. The molecule has 0 aliphatic carbocycles. The van der Waals surface area contributed by atoms with Gasteiger partial charge in [-0.1, -0.05) is 53.7 Å². The molecule has 0 atom stereocenters. The minimum absolute atomic E-state index is 0.112. The van der Waals surface area contributed by atoms with E-state index in [0.29, 0.717) is 16.0 Å². The summed E-state index contributed by atoms with van der Waals surface area (Å²) in [6.45, 7) is 0.237. The van der Waals surface area contributed by atoms with E-state index in [2.05, 4.69) is 10.2 Å². The van der Waals surface area contributed by atoms with E-state index in [1.165, 1.54) is 11.8 Å². The van der Waals surface area contributed by atoms with Gasteiger partial charge in [-0.2, -0.15) is 0 Å². The fraction of sp³-hybridized carbons (Fsp3) is 0.125. The van der Waals surface area contributed by atoms with Gasteiger partial charge in [0.1, 0.15) is 12.4 Å². The van der Waals surface area contributed by atoms with Crippen molar-refractivity contribution in [3.8, 4) is 22.8 Å². The highest BCUT2D eigenvalue weighted by Gasteiger charge is 2.18. The second-order valence-corrected chi connectivity index (χ2v) is 8.16. The molecule has 0 aliphatic rings. The first-order valence-electron chi connectivity index (χ1n) is 9.82. The summed E-state index contributed by atoms with van der Waals surface area (Å²) in [6, 6.07) is 24.5. The van der Waals surface area contributed by atoms with Crippen LogP contribution >= 0.6 is 23.4 Å². The molecular weight excluding hydrogens is 446 g/mol. The average Bonchev–Trinajstić information content (AvgIpc) is 3.26. The first-order chi connectivity index (χ1) is 15.6. The van der Waals surface area contributed by atoms with Gasteiger partial charge in [0.15, 0.2) is 11.0 Å². The molecule has 0 fully saturated rings. The summed E-state index contributed by atoms with van der Waals surface area (Å²) in [5.41, 5.74) is 2.65. The number of carbonyl (C=O) groups is 1. The Labute approximate surface area is 195 Å². The maximum absolute atomic E-state index is 12.3. The van der Waals surface area contributed by atoms with E-state index >= 15 is 0 Å². The maximum atomic E-state index is 12.3. The highest BCUT2D eigenvalue weighted by atomic mass is 35.5. The molecule has 1 aromatic heterocycles. The molecule has 4 rings (SSSR count). The Morgan fingerprint density at radius 1 is 0.969 bits per heavy atom. The Morgan fingerprint density at radius 3 is 2.38 bits per heavy atom. The third kappa shape index (κ3) is 5.30. The highest BCUT2D eigenvalue weighted by molar-refractivity contribution is 7.99. The van der Waals surface area contributed by atoms with Crippen LogP contribution in [0.3, 0.4) is 0 Å². The number of esters is 1. The third-order valence-corrected chi connectivity index (χ3v) is 5.78. The molecule has 0 unspecified atom stereocenters. The van der Waals surface area contributed by atoms with Gasteiger partial charge in [0.2, 0.25) is 0 Å². The number of benzene rings is 3. The third-order valence-electron chi connectivity index (χ3n) is 4.63. The van der Waals surface area contributed by atoms with E-state index in [1.54, 1.807) is 19.2 Å². The van der Waals surface area contributed by atoms with Crippen molar-refractivity contribution in [3.63, 3.8) is 0 Å². The minimum Gasteiger partial charge on any atom is -0.497 e. The number of aromatic nitrogens is 3. The maximum Gasteiger partial charge on any atom is 0.316 e. The molecule has 8 heteroatoms. The highest BCUT2D eigenvalue weighted by Crippen LogP contribution is 2.29. The van der Waals surface area contributed by atoms with Crippen LogP contribution in [0.5, 0.6) is 5.75 Å². The van der Waals surface area contributed by atoms with Crippen LogP contribution < -0.4 is 4.74 Å². The van der Waals surface area contributed by atoms with E-state index in [1.807, 2.05) is 71.3 Å². The van der Waals surface area contributed by atoms with Gasteiger partial charge in [-0.3, -0.25) is 9.36 Å². The zero-order valence-electron chi connectivity index (χ0n) is 17.3. The Morgan fingerprint density at radius 2 is 1.69 bits per heavy atom. The van der Waals surface area contributed by atoms with Gasteiger partial charge >= 0.3 is 5.97 Å². The molecule has 0 saturated carbocycles. The number of hydrogen-bond acceptors (Lipinski definition) is 6. The summed E-state index contributed by atoms with van der Waals surface area (Å²) in [6.07, 6.45) is 0. The van der Waals surface area contributed by atoms with Gasteiger partial charge in [-0.15, -0.1) is 10.2 Å². The van der Waals surface area contributed by atoms with Crippen molar-refractivity contribution >= 4 is 29.3 Å². The summed E-state index contributed by atoms with van der Waals surface area (Å²) >= 11 is 7.34. The van der Waals surface area contributed by atoms with Crippen LogP contribution in [0.25, 0.3) is 17.1 Å². The summed E-state index contributed by atoms with van der Waals surface area (Å²) in [5.74, 6) is 1.19. The summed E-state index contributed by atoms with van der Waals surface area (Å²) in [7, 11) is 1.62. The molecule has 0 amide bonds. The number of halogens is 1. The zero-order valence-corrected chi connectivity index (χ0v) is 18.8. The van der Waals surface area contributed by atoms with Crippen molar-refractivity contribution in [1.82, 2.24) is 14.8 Å². The molecule has 32 heavy (non-hydrogen) atoms. The van der Waals surface area contributed by atoms with Crippen molar-refractivity contribution in [2.75, 3.05) is 12.9 Å². The van der Waals surface area contributed by atoms with Gasteiger partial charge in [0.05, 0.1) is 12.9 Å². The SMILES string of the molecule is COc1ccc(-c2nnc(SCC(=O)OCc3ccccc3)n2-c2ccc(Cl)cc2)cc1. The molecule has 3 aromatic carbocycles. The van der Waals surface area contributed by atoms with Crippen LogP contribution in [0, 0.1) is 0 Å². The second kappa shape index (κ2) is 10.3. The molecule has 1 heterocycles. The van der Waals surface area contributed by atoms with Gasteiger partial charge in [-0.25, -0.2) is 0 Å². The van der Waals surface area contributed by atoms with E-state index in [9.17, 15) is 4.79 Å². The van der Waals surface area contributed by atoms with E-state index in [0.717, 1.165) is 22.6 Å². The quantitative estimate of drug-likeness (QED) is 0.255. The lowest BCUT2D eigenvalue weighted by molar-refractivity contribution is -0.141. The monoisotopic (exact) mass is 465 g/mol. The van der Waals surface area contributed by atoms with Gasteiger partial charge in [-0.05, 0) is 54.1 Å². The number of methoxy groups -OCH3 is 1. The van der Waals surface area contributed by atoms with Crippen molar-refractivity contribution in [1.29, 1.82) is 0 Å².